The Labute approximate surface area is 121 Å². The van der Waals surface area contributed by atoms with Gasteiger partial charge in [0.25, 0.3) is 0 Å². The summed E-state index contributed by atoms with van der Waals surface area (Å²) >= 11 is 0. The van der Waals surface area contributed by atoms with Gasteiger partial charge in [0.05, 0.1) is 0 Å². The minimum Gasteiger partial charge on any atom is -0.317 e. The van der Waals surface area contributed by atoms with Crippen molar-refractivity contribution in [1.29, 1.82) is 0 Å². The predicted molar refractivity (Wildman–Crippen MR) is 83.1 cm³/mol. The van der Waals surface area contributed by atoms with Crippen molar-refractivity contribution in [3.05, 3.63) is 41.2 Å². The van der Waals surface area contributed by atoms with Crippen molar-refractivity contribution in [2.75, 3.05) is 13.1 Å². The first-order chi connectivity index (χ1) is 9.53. The van der Waals surface area contributed by atoms with E-state index in [2.05, 4.69) is 31.7 Å². The van der Waals surface area contributed by atoms with Crippen molar-refractivity contribution in [3.63, 3.8) is 0 Å². The molecule has 0 aromatic heterocycles. The Morgan fingerprint density at radius 3 is 2.65 bits per heavy atom. The lowest BCUT2D eigenvalue weighted by molar-refractivity contribution is 0.323. The number of allylic oxidation sites excluding steroid dienone is 1. The van der Waals surface area contributed by atoms with Crippen LogP contribution in [0.5, 0.6) is 0 Å². The highest BCUT2D eigenvalue weighted by molar-refractivity contribution is 5.81. The van der Waals surface area contributed by atoms with Crippen LogP contribution in [-0.2, 0) is 11.8 Å². The average molecular weight is 271 g/mol. The Balaban J connectivity index is 2.67. The van der Waals surface area contributed by atoms with E-state index < -0.39 is 0 Å². The summed E-state index contributed by atoms with van der Waals surface area (Å²) in [5.74, 6) is 2.45. The molecule has 1 fully saturated rings. The van der Waals surface area contributed by atoms with Gasteiger partial charge in [-0.25, -0.2) is 4.39 Å². The van der Waals surface area contributed by atoms with E-state index in [1.54, 1.807) is 6.07 Å². The molecule has 2 rings (SSSR count). The van der Waals surface area contributed by atoms with Crippen LogP contribution in [0.4, 0.5) is 4.39 Å². The summed E-state index contributed by atoms with van der Waals surface area (Å²) in [6.45, 7) is 9.99. The molecule has 2 heteroatoms. The minimum absolute atomic E-state index is 0.155. The van der Waals surface area contributed by atoms with E-state index in [4.69, 9.17) is 6.42 Å². The van der Waals surface area contributed by atoms with E-state index in [1.807, 2.05) is 6.07 Å². The highest BCUT2D eigenvalue weighted by Gasteiger charge is 2.34. The molecule has 0 atom stereocenters. The van der Waals surface area contributed by atoms with Gasteiger partial charge in [-0.2, -0.15) is 0 Å². The van der Waals surface area contributed by atoms with Gasteiger partial charge in [-0.05, 0) is 55.0 Å². The van der Waals surface area contributed by atoms with Crippen molar-refractivity contribution >= 4 is 5.57 Å². The lowest BCUT2D eigenvalue weighted by Gasteiger charge is -2.37. The summed E-state index contributed by atoms with van der Waals surface area (Å²) < 4.78 is 14.6. The van der Waals surface area contributed by atoms with Crippen LogP contribution >= 0.6 is 0 Å². The number of piperidine rings is 1. The Hall–Kier alpha value is -1.59. The first-order valence-corrected chi connectivity index (χ1v) is 7.22. The molecule has 1 heterocycles. The van der Waals surface area contributed by atoms with Crippen LogP contribution in [0.3, 0.4) is 0 Å². The standard InChI is InChI=1S/C18H22FN/c1-5-13(3)16-14(6-2)7-8-15(19)17(16)18(4)9-11-20-12-10-18/h1,7-8,20H,3,6,9-12H2,2,4H3. The van der Waals surface area contributed by atoms with E-state index in [9.17, 15) is 4.39 Å². The van der Waals surface area contributed by atoms with Crippen LogP contribution in [0, 0.1) is 18.2 Å². The highest BCUT2D eigenvalue weighted by Crippen LogP contribution is 2.40. The van der Waals surface area contributed by atoms with E-state index in [0.717, 1.165) is 49.0 Å². The molecular weight excluding hydrogens is 249 g/mol. The van der Waals surface area contributed by atoms with Crippen molar-refractivity contribution < 1.29 is 4.39 Å². The minimum atomic E-state index is -0.171. The molecule has 1 aromatic rings. The lowest BCUT2D eigenvalue weighted by atomic mass is 9.71. The van der Waals surface area contributed by atoms with E-state index in [-0.39, 0.29) is 11.2 Å². The van der Waals surface area contributed by atoms with Crippen LogP contribution in [0.2, 0.25) is 0 Å². The van der Waals surface area contributed by atoms with Gasteiger partial charge >= 0.3 is 0 Å². The summed E-state index contributed by atoms with van der Waals surface area (Å²) in [4.78, 5) is 0. The molecule has 1 aromatic carbocycles. The zero-order valence-electron chi connectivity index (χ0n) is 12.4. The van der Waals surface area contributed by atoms with Crippen molar-refractivity contribution in [2.24, 2.45) is 0 Å². The third kappa shape index (κ3) is 2.51. The molecule has 0 radical (unpaired) electrons. The SMILES string of the molecule is C#CC(=C)c1c(CC)ccc(F)c1C1(C)CCNCC1. The number of benzene rings is 1. The Bertz CT molecular complexity index is 560. The number of nitrogens with one attached hydrogen (secondary N) is 1. The molecule has 0 amide bonds. The van der Waals surface area contributed by atoms with Crippen LogP contribution < -0.4 is 5.32 Å². The van der Waals surface area contributed by atoms with Crippen molar-refractivity contribution in [2.45, 2.75) is 38.5 Å². The van der Waals surface area contributed by atoms with Gasteiger partial charge in [0.2, 0.25) is 0 Å². The number of halogens is 1. The van der Waals surface area contributed by atoms with Crippen LogP contribution in [-0.4, -0.2) is 13.1 Å². The maximum atomic E-state index is 14.6. The molecule has 1 N–H and O–H groups in total. The first kappa shape index (κ1) is 14.8. The van der Waals surface area contributed by atoms with Gasteiger partial charge in [0.15, 0.2) is 0 Å². The number of terminal acetylenes is 1. The third-order valence-corrected chi connectivity index (χ3v) is 4.41. The maximum absolute atomic E-state index is 14.6. The van der Waals surface area contributed by atoms with E-state index >= 15 is 0 Å². The number of rotatable bonds is 3. The second kappa shape index (κ2) is 5.81. The topological polar surface area (TPSA) is 12.0 Å². The summed E-state index contributed by atoms with van der Waals surface area (Å²) in [7, 11) is 0. The van der Waals surface area contributed by atoms with Gasteiger partial charge in [0, 0.05) is 11.1 Å². The van der Waals surface area contributed by atoms with Crippen LogP contribution in [0.1, 0.15) is 43.4 Å². The predicted octanol–water partition coefficient (Wildman–Crippen LogP) is 3.68. The van der Waals surface area contributed by atoms with Crippen LogP contribution in [0.25, 0.3) is 5.57 Å². The normalized spacial score (nSPS) is 17.5. The molecule has 0 saturated carbocycles. The maximum Gasteiger partial charge on any atom is 0.127 e. The molecule has 0 unspecified atom stereocenters. The summed E-state index contributed by atoms with van der Waals surface area (Å²) in [5.41, 5.74) is 3.14. The van der Waals surface area contributed by atoms with E-state index in [0.29, 0.717) is 5.57 Å². The fraction of sp³-hybridized carbons (Fsp3) is 0.444. The van der Waals surface area contributed by atoms with Crippen molar-refractivity contribution in [1.82, 2.24) is 5.32 Å². The smallest absolute Gasteiger partial charge is 0.127 e. The molecule has 0 spiro atoms. The second-order valence-corrected chi connectivity index (χ2v) is 5.74. The summed E-state index contributed by atoms with van der Waals surface area (Å²) in [6.07, 6.45) is 8.20. The Morgan fingerprint density at radius 2 is 2.10 bits per heavy atom. The molecule has 1 aliphatic heterocycles. The molecular formula is C18H22FN. The molecule has 1 nitrogen and oxygen atoms in total. The van der Waals surface area contributed by atoms with Gasteiger partial charge in [0.1, 0.15) is 5.82 Å². The summed E-state index contributed by atoms with van der Waals surface area (Å²) in [5, 5.41) is 3.34. The zero-order chi connectivity index (χ0) is 14.8. The second-order valence-electron chi connectivity index (χ2n) is 5.74. The number of aryl methyl sites for hydroxylation is 1. The monoisotopic (exact) mass is 271 g/mol. The molecule has 106 valence electrons. The van der Waals surface area contributed by atoms with Gasteiger partial charge in [-0.3, -0.25) is 0 Å². The van der Waals surface area contributed by atoms with Crippen LogP contribution in [0.15, 0.2) is 18.7 Å². The molecule has 1 aliphatic rings. The molecule has 0 aliphatic carbocycles. The van der Waals surface area contributed by atoms with Gasteiger partial charge in [-0.1, -0.05) is 32.4 Å². The van der Waals surface area contributed by atoms with Gasteiger partial charge < -0.3 is 5.32 Å². The molecule has 1 saturated heterocycles. The fourth-order valence-corrected chi connectivity index (χ4v) is 3.15. The Morgan fingerprint density at radius 1 is 1.45 bits per heavy atom. The largest absolute Gasteiger partial charge is 0.317 e. The highest BCUT2D eigenvalue weighted by atomic mass is 19.1. The first-order valence-electron chi connectivity index (χ1n) is 7.22. The number of hydrogen-bond donors (Lipinski definition) is 1. The van der Waals surface area contributed by atoms with Gasteiger partial charge in [-0.15, -0.1) is 6.42 Å². The quantitative estimate of drug-likeness (QED) is 0.827. The molecule has 20 heavy (non-hydrogen) atoms. The third-order valence-electron chi connectivity index (χ3n) is 4.41. The van der Waals surface area contributed by atoms with Crippen molar-refractivity contribution in [3.8, 4) is 12.3 Å². The average Bonchev–Trinajstić information content (AvgIpc) is 2.46. The zero-order valence-corrected chi connectivity index (χ0v) is 12.4. The summed E-state index contributed by atoms with van der Waals surface area (Å²) in [6, 6.07) is 3.41. The lowest BCUT2D eigenvalue weighted by Crippen LogP contribution is -2.39. The molecule has 0 bridgehead atoms. The van der Waals surface area contributed by atoms with E-state index in [1.165, 1.54) is 0 Å². The number of hydrogen-bond acceptors (Lipinski definition) is 1. The Kier molecular flexibility index (Phi) is 4.30. The fourth-order valence-electron chi connectivity index (χ4n) is 3.15.